The van der Waals surface area contributed by atoms with E-state index < -0.39 is 0 Å². The third-order valence-corrected chi connectivity index (χ3v) is 7.98. The highest BCUT2D eigenvalue weighted by atomic mass is 32.2. The number of thiophene rings is 1. The Labute approximate surface area is 224 Å². The minimum absolute atomic E-state index is 0.0815. The number of thioether (sulfide) groups is 1. The van der Waals surface area contributed by atoms with Gasteiger partial charge in [0.25, 0.3) is 11.1 Å². The Morgan fingerprint density at radius 2 is 1.92 bits per heavy atom. The van der Waals surface area contributed by atoms with Crippen molar-refractivity contribution >= 4 is 34.8 Å². The van der Waals surface area contributed by atoms with Gasteiger partial charge in [0.15, 0.2) is 5.16 Å². The van der Waals surface area contributed by atoms with E-state index in [1.54, 1.807) is 17.6 Å². The van der Waals surface area contributed by atoms with Crippen LogP contribution in [-0.4, -0.2) is 41.0 Å². The number of fused-ring (bicyclic) bond motifs is 1. The number of amides is 1. The van der Waals surface area contributed by atoms with Gasteiger partial charge in [-0.2, -0.15) is 9.78 Å². The number of carbonyl (C=O) groups is 1. The van der Waals surface area contributed by atoms with Crippen molar-refractivity contribution in [3.05, 3.63) is 92.4 Å². The quantitative estimate of drug-likeness (QED) is 0.311. The summed E-state index contributed by atoms with van der Waals surface area (Å²) in [6.07, 6.45) is 0.0815. The Kier molecular flexibility index (Phi) is 6.26. The zero-order valence-corrected chi connectivity index (χ0v) is 21.8. The van der Waals surface area contributed by atoms with Gasteiger partial charge >= 0.3 is 0 Å². The largest absolute Gasteiger partial charge is 0.310 e. The lowest BCUT2D eigenvalue weighted by molar-refractivity contribution is -0.116. The molecule has 190 valence electrons. The van der Waals surface area contributed by atoms with Crippen molar-refractivity contribution in [1.29, 1.82) is 0 Å². The second-order valence-corrected chi connectivity index (χ2v) is 10.7. The van der Waals surface area contributed by atoms with Crippen LogP contribution in [0.2, 0.25) is 0 Å². The molecule has 1 unspecified atom stereocenters. The summed E-state index contributed by atoms with van der Waals surface area (Å²) in [6.45, 7) is 1.78. The van der Waals surface area contributed by atoms with Gasteiger partial charge in [0, 0.05) is 41.6 Å². The van der Waals surface area contributed by atoms with Crippen molar-refractivity contribution in [2.45, 2.75) is 24.5 Å². The molecule has 1 aromatic carbocycles. The number of H-pyrrole nitrogens is 1. The van der Waals surface area contributed by atoms with E-state index in [0.717, 1.165) is 10.4 Å². The Hall–Kier alpha value is -4.29. The van der Waals surface area contributed by atoms with Crippen LogP contribution >= 0.6 is 23.1 Å². The van der Waals surface area contributed by atoms with Crippen LogP contribution in [0.1, 0.15) is 18.2 Å². The first kappa shape index (κ1) is 24.1. The van der Waals surface area contributed by atoms with Crippen molar-refractivity contribution in [1.82, 2.24) is 29.3 Å². The lowest BCUT2D eigenvalue weighted by Gasteiger charge is -2.14. The van der Waals surface area contributed by atoms with Crippen LogP contribution in [-0.2, 0) is 4.79 Å². The van der Waals surface area contributed by atoms with Crippen molar-refractivity contribution in [3.8, 4) is 27.8 Å². The normalized spacial score (nSPS) is 14.4. The number of anilines is 1. The molecule has 0 saturated carbocycles. The summed E-state index contributed by atoms with van der Waals surface area (Å²) >= 11 is 2.97. The monoisotopic (exact) mass is 543 g/mol. The van der Waals surface area contributed by atoms with Crippen LogP contribution in [0.4, 0.5) is 5.82 Å². The van der Waals surface area contributed by atoms with Gasteiger partial charge in [-0.05, 0) is 18.4 Å². The summed E-state index contributed by atoms with van der Waals surface area (Å²) in [6, 6.07) is 17.5. The molecule has 1 amide bonds. The van der Waals surface area contributed by atoms with Crippen LogP contribution in [0.5, 0.6) is 0 Å². The average molecular weight is 544 g/mol. The topological polar surface area (TPSA) is 128 Å². The molecule has 0 spiro atoms. The zero-order valence-electron chi connectivity index (χ0n) is 20.1. The van der Waals surface area contributed by atoms with E-state index in [1.165, 1.54) is 39.9 Å². The molecule has 0 fully saturated rings. The van der Waals surface area contributed by atoms with Crippen molar-refractivity contribution in [2.24, 2.45) is 0 Å². The van der Waals surface area contributed by atoms with Gasteiger partial charge in [0.2, 0.25) is 11.9 Å². The lowest BCUT2D eigenvalue weighted by atomic mass is 10.1. The van der Waals surface area contributed by atoms with E-state index in [1.807, 2.05) is 47.8 Å². The number of benzene rings is 1. The first-order valence-electron chi connectivity index (χ1n) is 11.8. The van der Waals surface area contributed by atoms with Gasteiger partial charge in [0.1, 0.15) is 11.5 Å². The standard InChI is InChI=1S/C26H21N7O3S2/c1-15-10-24(36)32-17(14-38-26(32)27-15)11-22(34)29-21-12-19(20-8-5-9-37-20)31-33(21)25-28-18(13-23(35)30-25)16-6-3-2-4-7-16/h2-10,12-13,17H,11,14H2,1H3,(H,29,34)(H,28,30,35). The molecule has 5 heterocycles. The maximum absolute atomic E-state index is 13.2. The lowest BCUT2D eigenvalue weighted by Crippen LogP contribution is -2.28. The number of nitrogens with one attached hydrogen (secondary N) is 2. The fraction of sp³-hybridized carbons (Fsp3) is 0.154. The molecule has 2 N–H and O–H groups in total. The summed E-state index contributed by atoms with van der Waals surface area (Å²) in [7, 11) is 0. The molecule has 1 aliphatic heterocycles. The number of hydrogen-bond donors (Lipinski definition) is 2. The van der Waals surface area contributed by atoms with Crippen molar-refractivity contribution in [2.75, 3.05) is 11.1 Å². The highest BCUT2D eigenvalue weighted by molar-refractivity contribution is 7.99. The van der Waals surface area contributed by atoms with E-state index >= 15 is 0 Å². The van der Waals surface area contributed by atoms with Gasteiger partial charge in [-0.15, -0.1) is 11.3 Å². The molecule has 1 aliphatic rings. The minimum atomic E-state index is -0.346. The molecule has 0 saturated heterocycles. The van der Waals surface area contributed by atoms with Crippen LogP contribution in [0, 0.1) is 6.92 Å². The number of rotatable bonds is 6. The summed E-state index contributed by atoms with van der Waals surface area (Å²) in [5.74, 6) is 0.808. The van der Waals surface area contributed by atoms with Gasteiger partial charge in [-0.25, -0.2) is 9.97 Å². The fourth-order valence-electron chi connectivity index (χ4n) is 4.30. The number of aromatic nitrogens is 6. The third-order valence-electron chi connectivity index (χ3n) is 5.99. The maximum atomic E-state index is 13.2. The summed E-state index contributed by atoms with van der Waals surface area (Å²) < 4.78 is 3.00. The van der Waals surface area contributed by atoms with Gasteiger partial charge in [-0.3, -0.25) is 23.9 Å². The smallest absolute Gasteiger partial charge is 0.254 e. The molecule has 0 radical (unpaired) electrons. The Morgan fingerprint density at radius 1 is 1.08 bits per heavy atom. The molecule has 10 nitrogen and oxygen atoms in total. The zero-order chi connectivity index (χ0) is 26.2. The van der Waals surface area contributed by atoms with E-state index in [-0.39, 0.29) is 35.4 Å². The molecule has 12 heteroatoms. The molecule has 1 atom stereocenters. The highest BCUT2D eigenvalue weighted by Crippen LogP contribution is 2.33. The van der Waals surface area contributed by atoms with Gasteiger partial charge in [-0.1, -0.05) is 48.2 Å². The van der Waals surface area contributed by atoms with Crippen LogP contribution < -0.4 is 16.4 Å². The summed E-state index contributed by atoms with van der Waals surface area (Å²) in [5.41, 5.74) is 2.03. The van der Waals surface area contributed by atoms with Gasteiger partial charge in [0.05, 0.1) is 16.6 Å². The molecule has 0 bridgehead atoms. The first-order valence-corrected chi connectivity index (χ1v) is 13.6. The average Bonchev–Trinajstić information content (AvgIpc) is 3.65. The second-order valence-electron chi connectivity index (χ2n) is 8.73. The van der Waals surface area contributed by atoms with Crippen LogP contribution in [0.25, 0.3) is 27.8 Å². The summed E-state index contributed by atoms with van der Waals surface area (Å²) in [5, 5.41) is 10.1. The number of carbonyl (C=O) groups excluding carboxylic acids is 1. The number of aromatic amines is 1. The molecular weight excluding hydrogens is 522 g/mol. The van der Waals surface area contributed by atoms with Gasteiger partial charge < -0.3 is 5.32 Å². The van der Waals surface area contributed by atoms with Crippen LogP contribution in [0.3, 0.4) is 0 Å². The first-order chi connectivity index (χ1) is 18.4. The SMILES string of the molecule is Cc1cc(=O)n2c(n1)SCC2CC(=O)Nc1cc(-c2cccs2)nn1-c1nc(-c2ccccc2)cc(=O)[nH]1. The van der Waals surface area contributed by atoms with E-state index in [4.69, 9.17) is 0 Å². The highest BCUT2D eigenvalue weighted by Gasteiger charge is 2.28. The second kappa shape index (κ2) is 9.88. The third kappa shape index (κ3) is 4.71. The molecule has 38 heavy (non-hydrogen) atoms. The van der Waals surface area contributed by atoms with E-state index in [2.05, 4.69) is 25.4 Å². The summed E-state index contributed by atoms with van der Waals surface area (Å²) in [4.78, 5) is 51.0. The predicted molar refractivity (Wildman–Crippen MR) is 147 cm³/mol. The Morgan fingerprint density at radius 3 is 2.71 bits per heavy atom. The molecule has 0 aliphatic carbocycles. The predicted octanol–water partition coefficient (Wildman–Crippen LogP) is 3.89. The number of nitrogens with zero attached hydrogens (tertiary/aromatic N) is 5. The molecule has 4 aromatic heterocycles. The maximum Gasteiger partial charge on any atom is 0.254 e. The van der Waals surface area contributed by atoms with E-state index in [0.29, 0.717) is 33.8 Å². The van der Waals surface area contributed by atoms with Crippen molar-refractivity contribution < 1.29 is 4.79 Å². The molecular formula is C26H21N7O3S2. The number of aryl methyl sites for hydroxylation is 1. The fourth-order valence-corrected chi connectivity index (χ4v) is 6.18. The van der Waals surface area contributed by atoms with E-state index in [9.17, 15) is 14.4 Å². The molecule has 5 aromatic rings. The van der Waals surface area contributed by atoms with Crippen molar-refractivity contribution in [3.63, 3.8) is 0 Å². The Balaban J connectivity index is 1.34. The number of hydrogen-bond acceptors (Lipinski definition) is 8. The van der Waals surface area contributed by atoms with Crippen LogP contribution in [0.15, 0.2) is 80.8 Å². The molecule has 6 rings (SSSR count). The Bertz CT molecular complexity index is 1760. The minimum Gasteiger partial charge on any atom is -0.310 e.